The van der Waals surface area contributed by atoms with Crippen LogP contribution in [-0.4, -0.2) is 10.7 Å². The summed E-state index contributed by atoms with van der Waals surface area (Å²) in [6.07, 6.45) is 1.65. The van der Waals surface area contributed by atoms with Gasteiger partial charge in [0.25, 0.3) is 0 Å². The smallest absolute Gasteiger partial charge is 0.0863 e. The van der Waals surface area contributed by atoms with Gasteiger partial charge in [-0.05, 0) is 36.8 Å². The third kappa shape index (κ3) is 1.48. The van der Waals surface area contributed by atoms with Crippen LogP contribution in [0.3, 0.4) is 0 Å². The molecule has 2 rings (SSSR count). The first-order chi connectivity index (χ1) is 6.62. The summed E-state index contributed by atoms with van der Waals surface area (Å²) < 4.78 is 0. The van der Waals surface area contributed by atoms with E-state index in [9.17, 15) is 5.11 Å². The number of hydrogen-bond acceptors (Lipinski definition) is 1. The van der Waals surface area contributed by atoms with Gasteiger partial charge in [-0.25, -0.2) is 0 Å². The molecular formula is C13H16O. The monoisotopic (exact) mass is 188 g/mol. The Balaban J connectivity index is 2.05. The fourth-order valence-electron chi connectivity index (χ4n) is 2.06. The second kappa shape index (κ2) is 3.25. The quantitative estimate of drug-likeness (QED) is 0.707. The Hall–Kier alpha value is -1.08. The van der Waals surface area contributed by atoms with Gasteiger partial charge in [-0.15, -0.1) is 0 Å². The van der Waals surface area contributed by atoms with Crippen LogP contribution in [0.1, 0.15) is 31.2 Å². The van der Waals surface area contributed by atoms with E-state index in [1.165, 1.54) is 5.56 Å². The molecule has 1 saturated carbocycles. The van der Waals surface area contributed by atoms with E-state index in [4.69, 9.17) is 0 Å². The summed E-state index contributed by atoms with van der Waals surface area (Å²) in [6.45, 7) is 5.73. The van der Waals surface area contributed by atoms with Crippen LogP contribution in [0.4, 0.5) is 0 Å². The van der Waals surface area contributed by atoms with Gasteiger partial charge in [0.15, 0.2) is 0 Å². The number of benzene rings is 1. The summed E-state index contributed by atoms with van der Waals surface area (Å²) in [5, 5.41) is 10.0. The van der Waals surface area contributed by atoms with Crippen molar-refractivity contribution < 1.29 is 5.11 Å². The molecule has 1 N–H and O–H groups in total. The van der Waals surface area contributed by atoms with Gasteiger partial charge in [-0.3, -0.25) is 0 Å². The predicted octanol–water partition coefficient (Wildman–Crippen LogP) is 2.87. The molecule has 0 amide bonds. The molecule has 14 heavy (non-hydrogen) atoms. The number of rotatable bonds is 2. The second-order valence-corrected chi connectivity index (χ2v) is 4.33. The van der Waals surface area contributed by atoms with E-state index in [1.807, 2.05) is 25.1 Å². The van der Waals surface area contributed by atoms with Crippen molar-refractivity contribution in [3.8, 4) is 0 Å². The highest BCUT2D eigenvalue weighted by Gasteiger charge is 2.43. The summed E-state index contributed by atoms with van der Waals surface area (Å²) in [4.78, 5) is 0. The Bertz CT molecular complexity index is 334. The van der Waals surface area contributed by atoms with Crippen LogP contribution in [0.5, 0.6) is 0 Å². The minimum Gasteiger partial charge on any atom is -0.385 e. The zero-order valence-corrected chi connectivity index (χ0v) is 8.53. The molecule has 1 aliphatic carbocycles. The Morgan fingerprint density at radius 3 is 2.43 bits per heavy atom. The van der Waals surface area contributed by atoms with Crippen molar-refractivity contribution in [3.05, 3.63) is 48.0 Å². The lowest BCUT2D eigenvalue weighted by molar-refractivity contribution is -0.0140. The van der Waals surface area contributed by atoms with Crippen LogP contribution >= 0.6 is 0 Å². The maximum absolute atomic E-state index is 10.0. The molecule has 0 unspecified atom stereocenters. The molecule has 0 radical (unpaired) electrons. The molecule has 1 aromatic carbocycles. The van der Waals surface area contributed by atoms with Crippen LogP contribution < -0.4 is 0 Å². The van der Waals surface area contributed by atoms with E-state index in [2.05, 4.69) is 18.7 Å². The lowest BCUT2D eigenvalue weighted by atomic mass is 9.65. The summed E-state index contributed by atoms with van der Waals surface area (Å²) in [7, 11) is 0. The van der Waals surface area contributed by atoms with Crippen molar-refractivity contribution in [3.63, 3.8) is 0 Å². The lowest BCUT2D eigenvalue weighted by Crippen LogP contribution is -2.43. The molecule has 0 spiro atoms. The summed E-state index contributed by atoms with van der Waals surface area (Å²) in [5.41, 5.74) is 1.63. The van der Waals surface area contributed by atoms with Crippen molar-refractivity contribution in [1.82, 2.24) is 0 Å². The Morgan fingerprint density at radius 1 is 1.36 bits per heavy atom. The van der Waals surface area contributed by atoms with Gasteiger partial charge < -0.3 is 5.11 Å². The molecule has 0 saturated heterocycles. The SMILES string of the molecule is C=C(C)C1(O)CC(c2ccccc2)C1. The molecule has 1 heteroatoms. The second-order valence-electron chi connectivity index (χ2n) is 4.33. The third-order valence-corrected chi connectivity index (χ3v) is 3.23. The molecule has 0 bridgehead atoms. The average molecular weight is 188 g/mol. The molecule has 0 atom stereocenters. The minimum absolute atomic E-state index is 0.512. The van der Waals surface area contributed by atoms with Gasteiger partial charge >= 0.3 is 0 Å². The van der Waals surface area contributed by atoms with Gasteiger partial charge in [0.05, 0.1) is 5.60 Å². The van der Waals surface area contributed by atoms with Crippen molar-refractivity contribution in [2.75, 3.05) is 0 Å². The maximum atomic E-state index is 10.0. The topological polar surface area (TPSA) is 20.2 Å². The van der Waals surface area contributed by atoms with Gasteiger partial charge in [0.1, 0.15) is 0 Å². The van der Waals surface area contributed by atoms with Gasteiger partial charge in [-0.1, -0.05) is 36.9 Å². The number of hydrogen-bond donors (Lipinski definition) is 1. The maximum Gasteiger partial charge on any atom is 0.0863 e. The van der Waals surface area contributed by atoms with Crippen molar-refractivity contribution in [1.29, 1.82) is 0 Å². The highest BCUT2D eigenvalue weighted by atomic mass is 16.3. The van der Waals surface area contributed by atoms with Gasteiger partial charge in [0.2, 0.25) is 0 Å². The Labute approximate surface area is 85.1 Å². The Kier molecular flexibility index (Phi) is 2.20. The van der Waals surface area contributed by atoms with E-state index in [0.717, 1.165) is 18.4 Å². The van der Waals surface area contributed by atoms with Crippen molar-refractivity contribution in [2.24, 2.45) is 0 Å². The molecule has 0 aromatic heterocycles. The van der Waals surface area contributed by atoms with E-state index in [1.54, 1.807) is 0 Å². The normalized spacial score (nSPS) is 30.9. The van der Waals surface area contributed by atoms with Gasteiger partial charge in [-0.2, -0.15) is 0 Å². The van der Waals surface area contributed by atoms with Crippen LogP contribution in [0.15, 0.2) is 42.5 Å². The fourth-order valence-corrected chi connectivity index (χ4v) is 2.06. The van der Waals surface area contributed by atoms with Crippen LogP contribution in [0.2, 0.25) is 0 Å². The molecular weight excluding hydrogens is 172 g/mol. The lowest BCUT2D eigenvalue weighted by Gasteiger charge is -2.44. The zero-order chi connectivity index (χ0) is 10.2. The van der Waals surface area contributed by atoms with Crippen molar-refractivity contribution in [2.45, 2.75) is 31.3 Å². The molecule has 74 valence electrons. The highest BCUT2D eigenvalue weighted by molar-refractivity contribution is 5.29. The molecule has 0 heterocycles. The number of aliphatic hydroxyl groups is 1. The first kappa shape index (κ1) is 9.47. The molecule has 1 aliphatic rings. The van der Waals surface area contributed by atoms with Crippen LogP contribution in [0, 0.1) is 0 Å². The molecule has 1 nitrogen and oxygen atoms in total. The zero-order valence-electron chi connectivity index (χ0n) is 8.53. The highest BCUT2D eigenvalue weighted by Crippen LogP contribution is 2.47. The first-order valence-electron chi connectivity index (χ1n) is 5.05. The molecule has 1 fully saturated rings. The van der Waals surface area contributed by atoms with Crippen molar-refractivity contribution >= 4 is 0 Å². The summed E-state index contributed by atoms with van der Waals surface area (Å²) >= 11 is 0. The standard InChI is InChI=1S/C13H16O/c1-10(2)13(14)8-12(9-13)11-6-4-3-5-7-11/h3-7,12,14H,1,8-9H2,2H3. The van der Waals surface area contributed by atoms with E-state index in [-0.39, 0.29) is 0 Å². The Morgan fingerprint density at radius 2 is 1.93 bits per heavy atom. The predicted molar refractivity (Wildman–Crippen MR) is 58.2 cm³/mol. The third-order valence-electron chi connectivity index (χ3n) is 3.23. The van der Waals surface area contributed by atoms with E-state index < -0.39 is 5.60 Å². The van der Waals surface area contributed by atoms with Crippen LogP contribution in [0.25, 0.3) is 0 Å². The summed E-state index contributed by atoms with van der Waals surface area (Å²) in [6, 6.07) is 10.4. The molecule has 1 aromatic rings. The first-order valence-corrected chi connectivity index (χ1v) is 5.05. The average Bonchev–Trinajstić information content (AvgIpc) is 2.14. The van der Waals surface area contributed by atoms with E-state index >= 15 is 0 Å². The van der Waals surface area contributed by atoms with Gasteiger partial charge in [0, 0.05) is 0 Å². The van der Waals surface area contributed by atoms with E-state index in [0.29, 0.717) is 5.92 Å². The largest absolute Gasteiger partial charge is 0.385 e. The summed E-state index contributed by atoms with van der Waals surface area (Å²) in [5.74, 6) is 0.512. The molecule has 0 aliphatic heterocycles. The fraction of sp³-hybridized carbons (Fsp3) is 0.385. The van der Waals surface area contributed by atoms with Crippen LogP contribution in [-0.2, 0) is 0 Å². The minimum atomic E-state index is -0.597.